The second-order valence-corrected chi connectivity index (χ2v) is 8.61. The third-order valence-corrected chi connectivity index (χ3v) is 6.18. The first-order chi connectivity index (χ1) is 11.7. The third kappa shape index (κ3) is 3.54. The first-order valence-electron chi connectivity index (χ1n) is 8.66. The predicted octanol–water partition coefficient (Wildman–Crippen LogP) is 2.08. The molecule has 2 N–H and O–H groups in total. The van der Waals surface area contributed by atoms with Crippen LogP contribution in [0.25, 0.3) is 10.6 Å². The maximum Gasteiger partial charge on any atom is 0.277 e. The summed E-state index contributed by atoms with van der Waals surface area (Å²) in [7, 11) is 1.69. The van der Waals surface area contributed by atoms with Gasteiger partial charge in [-0.05, 0) is 31.2 Å². The molecule has 0 amide bonds. The average Bonchev–Trinajstić information content (AvgIpc) is 2.97. The Balaban J connectivity index is 1.84. The Morgan fingerprint density at radius 1 is 1.40 bits per heavy atom. The highest BCUT2D eigenvalue weighted by Gasteiger charge is 2.33. The van der Waals surface area contributed by atoms with Crippen molar-refractivity contribution in [2.75, 3.05) is 13.1 Å². The fourth-order valence-corrected chi connectivity index (χ4v) is 4.35. The molecule has 2 aromatic heterocycles. The van der Waals surface area contributed by atoms with E-state index in [2.05, 4.69) is 29.2 Å². The number of nitrogens with two attached hydrogens (primary N) is 1. The molecule has 1 aliphatic rings. The number of thiazole rings is 1. The summed E-state index contributed by atoms with van der Waals surface area (Å²) < 4.78 is 1.40. The van der Waals surface area contributed by atoms with E-state index in [4.69, 9.17) is 10.7 Å². The Labute approximate surface area is 152 Å². The van der Waals surface area contributed by atoms with Crippen molar-refractivity contribution in [1.82, 2.24) is 19.7 Å². The van der Waals surface area contributed by atoms with Crippen LogP contribution in [0.5, 0.6) is 0 Å². The molecule has 1 saturated heterocycles. The lowest BCUT2D eigenvalue weighted by atomic mass is 9.80. The summed E-state index contributed by atoms with van der Waals surface area (Å²) in [5.74, 6) is 0. The van der Waals surface area contributed by atoms with E-state index in [1.165, 1.54) is 16.0 Å². The molecule has 3 heterocycles. The molecule has 6 nitrogen and oxygen atoms in total. The molecule has 1 aliphatic heterocycles. The highest BCUT2D eigenvalue weighted by molar-refractivity contribution is 7.13. The number of aromatic nitrogens is 3. The molecular weight excluding hydrogens is 334 g/mol. The van der Waals surface area contributed by atoms with Gasteiger partial charge in [0.2, 0.25) is 0 Å². The average molecular weight is 362 g/mol. The standard InChI is InChI=1S/C18H27N5OS/c1-11-12(2)21-22(5)17(24)15(11)16-20-13(9-25-16)8-23-7-6-14(19)18(3,4)10-23/h9,14H,6-8,10,19H2,1-5H3. The molecule has 1 atom stereocenters. The quantitative estimate of drug-likeness (QED) is 0.906. The summed E-state index contributed by atoms with van der Waals surface area (Å²) in [4.78, 5) is 19.7. The molecule has 3 rings (SSSR count). The summed E-state index contributed by atoms with van der Waals surface area (Å²) in [6, 6.07) is 0.250. The molecule has 1 fully saturated rings. The van der Waals surface area contributed by atoms with Crippen LogP contribution in [0.3, 0.4) is 0 Å². The monoisotopic (exact) mass is 361 g/mol. The summed E-state index contributed by atoms with van der Waals surface area (Å²) >= 11 is 1.53. The number of nitrogens with zero attached hydrogens (tertiary/aromatic N) is 4. The van der Waals surface area contributed by atoms with Crippen LogP contribution >= 0.6 is 11.3 Å². The second-order valence-electron chi connectivity index (χ2n) is 7.75. The smallest absolute Gasteiger partial charge is 0.277 e. The van der Waals surface area contributed by atoms with Gasteiger partial charge in [-0.2, -0.15) is 5.10 Å². The number of aryl methyl sites for hydroxylation is 2. The Bertz CT molecular complexity index is 838. The number of piperidine rings is 1. The van der Waals surface area contributed by atoms with Gasteiger partial charge in [0.1, 0.15) is 5.01 Å². The summed E-state index contributed by atoms with van der Waals surface area (Å²) in [6.45, 7) is 11.1. The van der Waals surface area contributed by atoms with Crippen molar-refractivity contribution >= 4 is 11.3 Å². The molecule has 0 radical (unpaired) electrons. The van der Waals surface area contributed by atoms with Gasteiger partial charge in [0.15, 0.2) is 0 Å². The molecule has 7 heteroatoms. The number of likely N-dealkylation sites (tertiary alicyclic amines) is 1. The lowest BCUT2D eigenvalue weighted by molar-refractivity contribution is 0.0891. The lowest BCUT2D eigenvalue weighted by Gasteiger charge is -2.42. The highest BCUT2D eigenvalue weighted by Crippen LogP contribution is 2.30. The normalized spacial score (nSPS) is 20.8. The zero-order chi connectivity index (χ0) is 18.4. The second kappa shape index (κ2) is 6.63. The van der Waals surface area contributed by atoms with Crippen LogP contribution in [-0.2, 0) is 13.6 Å². The van der Waals surface area contributed by atoms with Crippen LogP contribution in [0.1, 0.15) is 37.2 Å². The Morgan fingerprint density at radius 2 is 2.12 bits per heavy atom. The van der Waals surface area contributed by atoms with Gasteiger partial charge >= 0.3 is 0 Å². The number of hydrogen-bond acceptors (Lipinski definition) is 6. The van der Waals surface area contributed by atoms with Gasteiger partial charge < -0.3 is 5.73 Å². The topological polar surface area (TPSA) is 77.0 Å². The number of hydrogen-bond donors (Lipinski definition) is 1. The zero-order valence-electron chi connectivity index (χ0n) is 15.7. The zero-order valence-corrected chi connectivity index (χ0v) is 16.5. The van der Waals surface area contributed by atoms with Crippen molar-refractivity contribution < 1.29 is 0 Å². The van der Waals surface area contributed by atoms with Gasteiger partial charge in [0.05, 0.1) is 17.0 Å². The van der Waals surface area contributed by atoms with Gasteiger partial charge in [-0.3, -0.25) is 9.69 Å². The molecule has 25 heavy (non-hydrogen) atoms. The maximum atomic E-state index is 12.5. The van der Waals surface area contributed by atoms with E-state index in [1.54, 1.807) is 7.05 Å². The molecule has 0 bridgehead atoms. The van der Waals surface area contributed by atoms with Crippen molar-refractivity contribution in [2.45, 2.75) is 46.7 Å². The fourth-order valence-electron chi connectivity index (χ4n) is 3.44. The summed E-state index contributed by atoms with van der Waals surface area (Å²) in [5.41, 5.74) is 9.72. The van der Waals surface area contributed by atoms with Crippen LogP contribution in [0.15, 0.2) is 10.2 Å². The van der Waals surface area contributed by atoms with Crippen LogP contribution in [0.4, 0.5) is 0 Å². The minimum atomic E-state index is -0.0888. The predicted molar refractivity (Wildman–Crippen MR) is 102 cm³/mol. The minimum absolute atomic E-state index is 0.0888. The van der Waals surface area contributed by atoms with Crippen LogP contribution < -0.4 is 11.3 Å². The van der Waals surface area contributed by atoms with E-state index in [-0.39, 0.29) is 17.0 Å². The van der Waals surface area contributed by atoms with Crippen molar-refractivity contribution in [3.63, 3.8) is 0 Å². The van der Waals surface area contributed by atoms with Gasteiger partial charge in [-0.1, -0.05) is 13.8 Å². The molecule has 0 aromatic carbocycles. The van der Waals surface area contributed by atoms with Gasteiger partial charge in [-0.15, -0.1) is 11.3 Å². The van der Waals surface area contributed by atoms with Crippen molar-refractivity contribution in [2.24, 2.45) is 18.2 Å². The van der Waals surface area contributed by atoms with Gasteiger partial charge in [-0.25, -0.2) is 9.67 Å². The van der Waals surface area contributed by atoms with E-state index < -0.39 is 0 Å². The van der Waals surface area contributed by atoms with Crippen LogP contribution in [-0.4, -0.2) is 38.8 Å². The highest BCUT2D eigenvalue weighted by atomic mass is 32.1. The van der Waals surface area contributed by atoms with Crippen molar-refractivity contribution in [3.8, 4) is 10.6 Å². The number of rotatable bonds is 3. The molecule has 0 aliphatic carbocycles. The lowest BCUT2D eigenvalue weighted by Crippen LogP contribution is -2.52. The van der Waals surface area contributed by atoms with Crippen LogP contribution in [0.2, 0.25) is 0 Å². The SMILES string of the molecule is Cc1nn(C)c(=O)c(-c2nc(CN3CCC(N)C(C)(C)C3)cs2)c1C. The first kappa shape index (κ1) is 18.2. The fraction of sp³-hybridized carbons (Fsp3) is 0.611. The minimum Gasteiger partial charge on any atom is -0.327 e. The van der Waals surface area contributed by atoms with Crippen molar-refractivity contribution in [1.29, 1.82) is 0 Å². The first-order valence-corrected chi connectivity index (χ1v) is 9.54. The van der Waals surface area contributed by atoms with Gasteiger partial charge in [0.25, 0.3) is 5.56 Å². The van der Waals surface area contributed by atoms with E-state index in [0.29, 0.717) is 5.56 Å². The van der Waals surface area contributed by atoms with Gasteiger partial charge in [0, 0.05) is 38.1 Å². The molecule has 0 saturated carbocycles. The van der Waals surface area contributed by atoms with E-state index >= 15 is 0 Å². The van der Waals surface area contributed by atoms with E-state index in [1.807, 2.05) is 13.8 Å². The van der Waals surface area contributed by atoms with E-state index in [9.17, 15) is 4.79 Å². The molecule has 1 unspecified atom stereocenters. The molecular formula is C18H27N5OS. The van der Waals surface area contributed by atoms with Crippen LogP contribution in [0, 0.1) is 19.3 Å². The summed E-state index contributed by atoms with van der Waals surface area (Å²) in [5, 5.41) is 7.09. The van der Waals surface area contributed by atoms with E-state index in [0.717, 1.165) is 48.0 Å². The third-order valence-electron chi connectivity index (χ3n) is 5.27. The molecule has 2 aromatic rings. The Hall–Kier alpha value is -1.57. The molecule has 0 spiro atoms. The Morgan fingerprint density at radius 3 is 2.80 bits per heavy atom. The Kier molecular flexibility index (Phi) is 4.83. The maximum absolute atomic E-state index is 12.5. The summed E-state index contributed by atoms with van der Waals surface area (Å²) in [6.07, 6.45) is 1.01. The largest absolute Gasteiger partial charge is 0.327 e. The molecule has 136 valence electrons. The van der Waals surface area contributed by atoms with Crippen molar-refractivity contribution in [3.05, 3.63) is 32.7 Å².